The molecule has 3 aliphatic rings. The van der Waals surface area contributed by atoms with Gasteiger partial charge in [0.25, 0.3) is 0 Å². The normalized spacial score (nSPS) is 23.7. The number of benzene rings is 1. The lowest BCUT2D eigenvalue weighted by Crippen LogP contribution is -2.55. The lowest BCUT2D eigenvalue weighted by Gasteiger charge is -2.44. The van der Waals surface area contributed by atoms with Gasteiger partial charge in [0.1, 0.15) is 6.04 Å². The maximum Gasteiger partial charge on any atom is 0.317 e. The molecule has 0 unspecified atom stereocenters. The number of piperidine rings is 2. The summed E-state index contributed by atoms with van der Waals surface area (Å²) in [6, 6.07) is 5.97. The Hall–Kier alpha value is -2.61. The van der Waals surface area contributed by atoms with Gasteiger partial charge < -0.3 is 14.9 Å². The first-order valence-corrected chi connectivity index (χ1v) is 10.3. The molecule has 1 aromatic rings. The molecule has 2 saturated heterocycles. The fraction of sp³-hybridized carbons (Fsp3) is 0.571. The summed E-state index contributed by atoms with van der Waals surface area (Å²) in [5.74, 6) is -0.800. The molecule has 156 valence electrons. The molecule has 29 heavy (non-hydrogen) atoms. The number of imide groups is 1. The molecule has 0 saturated carbocycles. The number of hydrogen-bond donors (Lipinski definition) is 2. The van der Waals surface area contributed by atoms with Crippen molar-refractivity contribution in [3.63, 3.8) is 0 Å². The quantitative estimate of drug-likeness (QED) is 0.729. The van der Waals surface area contributed by atoms with E-state index in [4.69, 9.17) is 5.11 Å². The number of nitrogens with one attached hydrogen (secondary N) is 1. The van der Waals surface area contributed by atoms with Gasteiger partial charge in [-0.3, -0.25) is 24.6 Å². The van der Waals surface area contributed by atoms with E-state index < -0.39 is 5.97 Å². The van der Waals surface area contributed by atoms with Crippen molar-refractivity contribution in [3.05, 3.63) is 23.8 Å². The Bertz CT molecular complexity index is 819. The Kier molecular flexibility index (Phi) is 5.45. The number of likely N-dealkylation sites (tertiary alicyclic amines) is 1. The summed E-state index contributed by atoms with van der Waals surface area (Å²) < 4.78 is 0. The van der Waals surface area contributed by atoms with E-state index in [0.29, 0.717) is 18.8 Å². The standard InChI is InChI=1S/C21H28N4O4/c1-23-11-12-25(17-5-6-18(26)22-21(17)29)16-4-2-3-15(20(16)23)14-7-9-24(10-8-14)13-19(27)28/h2-4,14,17H,5-13H2,1H3,(H,27,28)(H,22,26,29)/t17-/m1/s1. The van der Waals surface area contributed by atoms with E-state index >= 15 is 0 Å². The lowest BCUT2D eigenvalue weighted by atomic mass is 9.86. The number of para-hydroxylation sites is 1. The van der Waals surface area contributed by atoms with Crippen molar-refractivity contribution in [2.75, 3.05) is 49.6 Å². The Morgan fingerprint density at radius 3 is 2.59 bits per heavy atom. The van der Waals surface area contributed by atoms with E-state index in [-0.39, 0.29) is 24.4 Å². The average Bonchev–Trinajstić information content (AvgIpc) is 2.69. The molecule has 8 nitrogen and oxygen atoms in total. The molecule has 2 fully saturated rings. The molecule has 3 aliphatic heterocycles. The molecular formula is C21H28N4O4. The van der Waals surface area contributed by atoms with Crippen molar-refractivity contribution in [3.8, 4) is 0 Å². The Balaban J connectivity index is 1.58. The van der Waals surface area contributed by atoms with E-state index in [2.05, 4.69) is 40.4 Å². The molecule has 2 amide bonds. The lowest BCUT2D eigenvalue weighted by molar-refractivity contribution is -0.138. The summed E-state index contributed by atoms with van der Waals surface area (Å²) in [6.45, 7) is 3.22. The van der Waals surface area contributed by atoms with E-state index in [9.17, 15) is 14.4 Å². The highest BCUT2D eigenvalue weighted by molar-refractivity contribution is 6.02. The second-order valence-electron chi connectivity index (χ2n) is 8.24. The van der Waals surface area contributed by atoms with Crippen molar-refractivity contribution in [2.45, 2.75) is 37.6 Å². The van der Waals surface area contributed by atoms with E-state index in [1.807, 2.05) is 4.90 Å². The van der Waals surface area contributed by atoms with Gasteiger partial charge in [-0.05, 0) is 49.9 Å². The monoisotopic (exact) mass is 400 g/mol. The van der Waals surface area contributed by atoms with Gasteiger partial charge in [0.2, 0.25) is 11.8 Å². The fourth-order valence-electron chi connectivity index (χ4n) is 4.91. The van der Waals surface area contributed by atoms with Crippen molar-refractivity contribution in [2.24, 2.45) is 0 Å². The Labute approximate surface area is 170 Å². The van der Waals surface area contributed by atoms with Crippen LogP contribution in [0.25, 0.3) is 0 Å². The van der Waals surface area contributed by atoms with Crippen LogP contribution in [0.15, 0.2) is 18.2 Å². The van der Waals surface area contributed by atoms with Crippen LogP contribution >= 0.6 is 0 Å². The molecule has 3 heterocycles. The number of carbonyl (C=O) groups excluding carboxylic acids is 2. The zero-order chi connectivity index (χ0) is 20.5. The Morgan fingerprint density at radius 2 is 1.90 bits per heavy atom. The number of hydrogen-bond acceptors (Lipinski definition) is 6. The first-order valence-electron chi connectivity index (χ1n) is 10.3. The van der Waals surface area contributed by atoms with Crippen LogP contribution < -0.4 is 15.1 Å². The summed E-state index contributed by atoms with van der Waals surface area (Å²) in [5, 5.41) is 11.5. The smallest absolute Gasteiger partial charge is 0.317 e. The second kappa shape index (κ2) is 8.02. The van der Waals surface area contributed by atoms with Gasteiger partial charge >= 0.3 is 5.97 Å². The average molecular weight is 400 g/mol. The molecule has 0 spiro atoms. The number of carbonyl (C=O) groups is 3. The molecule has 8 heteroatoms. The topological polar surface area (TPSA) is 93.2 Å². The predicted molar refractivity (Wildman–Crippen MR) is 109 cm³/mol. The fourth-order valence-corrected chi connectivity index (χ4v) is 4.91. The van der Waals surface area contributed by atoms with Gasteiger partial charge in [0.15, 0.2) is 0 Å². The molecule has 0 aliphatic carbocycles. The highest BCUT2D eigenvalue weighted by atomic mass is 16.4. The third kappa shape index (κ3) is 3.94. The number of nitrogens with zero attached hydrogens (tertiary/aromatic N) is 3. The van der Waals surface area contributed by atoms with Gasteiger partial charge in [0, 0.05) is 26.6 Å². The maximum absolute atomic E-state index is 12.5. The zero-order valence-electron chi connectivity index (χ0n) is 16.8. The number of amides is 2. The minimum Gasteiger partial charge on any atom is -0.480 e. The van der Waals surface area contributed by atoms with Gasteiger partial charge in [-0.2, -0.15) is 0 Å². The minimum absolute atomic E-state index is 0.100. The SMILES string of the molecule is CN1CCN([C@@H]2CCC(=O)NC2=O)c2cccc(C3CCN(CC(=O)O)CC3)c21. The highest BCUT2D eigenvalue weighted by Crippen LogP contribution is 2.43. The number of aliphatic carboxylic acids is 1. The second-order valence-corrected chi connectivity index (χ2v) is 8.24. The first-order chi connectivity index (χ1) is 13.9. The number of rotatable bonds is 4. The van der Waals surface area contributed by atoms with Crippen LogP contribution in [-0.2, 0) is 14.4 Å². The summed E-state index contributed by atoms with van der Waals surface area (Å²) in [7, 11) is 2.09. The minimum atomic E-state index is -0.778. The van der Waals surface area contributed by atoms with Crippen LogP contribution in [0.5, 0.6) is 0 Å². The van der Waals surface area contributed by atoms with Crippen molar-refractivity contribution >= 4 is 29.2 Å². The van der Waals surface area contributed by atoms with Crippen molar-refractivity contribution in [1.82, 2.24) is 10.2 Å². The number of likely N-dealkylation sites (N-methyl/N-ethyl adjacent to an activating group) is 1. The maximum atomic E-state index is 12.5. The van der Waals surface area contributed by atoms with Crippen LogP contribution in [0, 0.1) is 0 Å². The van der Waals surface area contributed by atoms with E-state index in [0.717, 1.165) is 44.7 Å². The first kappa shape index (κ1) is 19.7. The van der Waals surface area contributed by atoms with Crippen LogP contribution in [0.2, 0.25) is 0 Å². The molecule has 4 rings (SSSR count). The molecule has 1 atom stereocenters. The molecular weight excluding hydrogens is 372 g/mol. The van der Waals surface area contributed by atoms with Crippen LogP contribution in [-0.4, -0.2) is 73.6 Å². The summed E-state index contributed by atoms with van der Waals surface area (Å²) in [4.78, 5) is 41.4. The zero-order valence-corrected chi connectivity index (χ0v) is 16.8. The number of fused-ring (bicyclic) bond motifs is 1. The highest BCUT2D eigenvalue weighted by Gasteiger charge is 2.36. The Morgan fingerprint density at radius 1 is 1.14 bits per heavy atom. The van der Waals surface area contributed by atoms with Crippen LogP contribution in [0.4, 0.5) is 11.4 Å². The molecule has 0 bridgehead atoms. The number of carboxylic acids is 1. The van der Waals surface area contributed by atoms with Gasteiger partial charge in [-0.25, -0.2) is 0 Å². The molecule has 0 radical (unpaired) electrons. The number of carboxylic acid groups (broad SMARTS) is 1. The predicted octanol–water partition coefficient (Wildman–Crippen LogP) is 1.01. The summed E-state index contributed by atoms with van der Waals surface area (Å²) in [5.41, 5.74) is 3.50. The third-order valence-corrected chi connectivity index (χ3v) is 6.39. The van der Waals surface area contributed by atoms with Gasteiger partial charge in [-0.1, -0.05) is 12.1 Å². The molecule has 1 aromatic carbocycles. The van der Waals surface area contributed by atoms with Crippen molar-refractivity contribution in [1.29, 1.82) is 0 Å². The van der Waals surface area contributed by atoms with Crippen LogP contribution in [0.1, 0.15) is 37.2 Å². The van der Waals surface area contributed by atoms with Crippen molar-refractivity contribution < 1.29 is 19.5 Å². The molecule has 2 N–H and O–H groups in total. The molecule has 0 aromatic heterocycles. The van der Waals surface area contributed by atoms with Gasteiger partial charge in [0.05, 0.1) is 17.9 Å². The van der Waals surface area contributed by atoms with E-state index in [1.165, 1.54) is 11.3 Å². The third-order valence-electron chi connectivity index (χ3n) is 6.39. The van der Waals surface area contributed by atoms with E-state index in [1.54, 1.807) is 0 Å². The number of anilines is 2. The summed E-state index contributed by atoms with van der Waals surface area (Å²) in [6.07, 6.45) is 2.78. The van der Waals surface area contributed by atoms with Gasteiger partial charge in [-0.15, -0.1) is 0 Å². The van der Waals surface area contributed by atoms with Crippen LogP contribution in [0.3, 0.4) is 0 Å². The summed E-state index contributed by atoms with van der Waals surface area (Å²) >= 11 is 0. The largest absolute Gasteiger partial charge is 0.480 e.